The molecule has 2 aromatic rings. The van der Waals surface area contributed by atoms with Crippen molar-refractivity contribution in [2.75, 3.05) is 12.5 Å². The van der Waals surface area contributed by atoms with Gasteiger partial charge in [-0.1, -0.05) is 17.7 Å². The van der Waals surface area contributed by atoms with Crippen LogP contribution in [0.2, 0.25) is 5.02 Å². The van der Waals surface area contributed by atoms with Gasteiger partial charge in [-0.05, 0) is 58.4 Å². The van der Waals surface area contributed by atoms with Crippen LogP contribution in [0.25, 0.3) is 11.5 Å². The van der Waals surface area contributed by atoms with Gasteiger partial charge in [-0.15, -0.1) is 0 Å². The molecule has 5 rings (SSSR count). The summed E-state index contributed by atoms with van der Waals surface area (Å²) in [5, 5.41) is 0.893. The van der Waals surface area contributed by atoms with E-state index in [9.17, 15) is 4.39 Å². The van der Waals surface area contributed by atoms with Crippen LogP contribution in [-0.2, 0) is 13.0 Å². The molecule has 3 aliphatic heterocycles. The van der Waals surface area contributed by atoms with Gasteiger partial charge in [0, 0.05) is 26.5 Å². The van der Waals surface area contributed by atoms with E-state index in [0.717, 1.165) is 9.37 Å². The molecule has 158 valence electrons. The van der Waals surface area contributed by atoms with Crippen molar-refractivity contribution < 1.29 is 13.9 Å². The van der Waals surface area contributed by atoms with E-state index in [1.807, 2.05) is 12.1 Å². The Hall–Kier alpha value is -2.56. The number of nitrogen functional groups attached to an aromatic ring is 1. The molecule has 0 radical (unpaired) electrons. The summed E-state index contributed by atoms with van der Waals surface area (Å²) < 4.78 is 27.6. The Labute approximate surface area is 194 Å². The third-order valence-corrected chi connectivity index (χ3v) is 6.96. The summed E-state index contributed by atoms with van der Waals surface area (Å²) in [6.07, 6.45) is 1.95. The lowest BCUT2D eigenvalue weighted by Crippen LogP contribution is -2.10. The molecule has 7 nitrogen and oxygen atoms in total. The van der Waals surface area contributed by atoms with Crippen molar-refractivity contribution in [3.8, 4) is 23.0 Å². The molecule has 0 aliphatic carbocycles. The van der Waals surface area contributed by atoms with E-state index in [2.05, 4.69) is 30.9 Å². The minimum absolute atomic E-state index is 0.195. The molecule has 0 atom stereocenters. The summed E-state index contributed by atoms with van der Waals surface area (Å²) in [5.74, 6) is 1.85. The van der Waals surface area contributed by atoms with Gasteiger partial charge in [0.15, 0.2) is 34.0 Å². The predicted molar refractivity (Wildman–Crippen MR) is 118 cm³/mol. The number of hydrogen-bond acceptors (Lipinski definition) is 7. The first-order chi connectivity index (χ1) is 15.0. The summed E-state index contributed by atoms with van der Waals surface area (Å²) in [6.45, 7) is 0.613. The van der Waals surface area contributed by atoms with Gasteiger partial charge in [0.1, 0.15) is 5.82 Å². The van der Waals surface area contributed by atoms with Crippen LogP contribution in [0.3, 0.4) is 0 Å². The molecule has 0 saturated carbocycles. The highest BCUT2D eigenvalue weighted by atomic mass is 79.9. The first kappa shape index (κ1) is 20.3. The monoisotopic (exact) mass is 521 g/mol. The maximum Gasteiger partial charge on any atom is 0.231 e. The van der Waals surface area contributed by atoms with E-state index >= 15 is 0 Å². The number of aryl methyl sites for hydroxylation is 1. The number of benzene rings is 2. The maximum atomic E-state index is 14.1. The van der Waals surface area contributed by atoms with E-state index < -0.39 is 0 Å². The van der Waals surface area contributed by atoms with Crippen molar-refractivity contribution in [2.24, 2.45) is 0 Å². The van der Waals surface area contributed by atoms with Gasteiger partial charge in [0.05, 0.1) is 6.33 Å². The fraction of sp³-hybridized carbons (Fsp3) is 0.150. The molecule has 2 aromatic carbocycles. The lowest BCUT2D eigenvalue weighted by Gasteiger charge is -2.12. The second kappa shape index (κ2) is 8.18. The fourth-order valence-electron chi connectivity index (χ4n) is 3.22. The number of aromatic nitrogens is 4. The van der Waals surface area contributed by atoms with Gasteiger partial charge < -0.3 is 19.8 Å². The molecule has 11 heteroatoms. The molecule has 0 bridgehead atoms. The van der Waals surface area contributed by atoms with Crippen LogP contribution in [0.5, 0.6) is 11.5 Å². The Morgan fingerprint density at radius 2 is 2.03 bits per heavy atom. The van der Waals surface area contributed by atoms with Gasteiger partial charge in [-0.2, -0.15) is 0 Å². The van der Waals surface area contributed by atoms with Gasteiger partial charge in [0.2, 0.25) is 6.79 Å². The lowest BCUT2D eigenvalue weighted by molar-refractivity contribution is 0.174. The van der Waals surface area contributed by atoms with E-state index in [0.29, 0.717) is 51.7 Å². The summed E-state index contributed by atoms with van der Waals surface area (Å²) in [4.78, 5) is 14.3. The zero-order valence-electron chi connectivity index (χ0n) is 15.8. The minimum atomic E-state index is -0.342. The molecule has 0 spiro atoms. The minimum Gasteiger partial charge on any atom is -0.454 e. The molecule has 31 heavy (non-hydrogen) atoms. The first-order valence-electron chi connectivity index (χ1n) is 9.18. The van der Waals surface area contributed by atoms with Crippen LogP contribution in [0.4, 0.5) is 10.2 Å². The number of nitrogens with two attached hydrogens (primary N) is 1. The molecule has 0 fully saturated rings. The second-order valence-electron chi connectivity index (χ2n) is 6.69. The molecule has 2 N–H and O–H groups in total. The van der Waals surface area contributed by atoms with Crippen molar-refractivity contribution in [3.63, 3.8) is 0 Å². The molecule has 3 aliphatic rings. The average molecular weight is 523 g/mol. The van der Waals surface area contributed by atoms with Crippen molar-refractivity contribution in [1.82, 2.24) is 19.5 Å². The van der Waals surface area contributed by atoms with Gasteiger partial charge in [-0.3, -0.25) is 0 Å². The number of anilines is 1. The standard InChI is InChI=1S/C20H14BrClFN5O2S/c21-11-6-14-15(30-9-29-14)7-16(11)31-20-26-17-18(24)25-8-28(19(17)27-20)5-4-10-12(22)2-1-3-13(10)23/h1-3,6-8H,4-5,9,24H2. The molecule has 0 amide bonds. The van der Waals surface area contributed by atoms with Crippen LogP contribution >= 0.6 is 39.3 Å². The zero-order valence-corrected chi connectivity index (χ0v) is 19.0. The summed E-state index contributed by atoms with van der Waals surface area (Å²) in [6, 6.07) is 8.36. The quantitative estimate of drug-likeness (QED) is 0.393. The van der Waals surface area contributed by atoms with Crippen molar-refractivity contribution in [1.29, 1.82) is 0 Å². The number of nitrogens with zero attached hydrogens (tertiary/aromatic N) is 4. The highest BCUT2D eigenvalue weighted by Crippen LogP contribution is 2.43. The van der Waals surface area contributed by atoms with Gasteiger partial charge in [0.25, 0.3) is 0 Å². The van der Waals surface area contributed by atoms with E-state index in [4.69, 9.17) is 26.8 Å². The van der Waals surface area contributed by atoms with Crippen LogP contribution in [0.1, 0.15) is 5.56 Å². The Morgan fingerprint density at radius 1 is 1.23 bits per heavy atom. The number of imidazole rings is 1. The first-order valence-corrected chi connectivity index (χ1v) is 11.2. The molecule has 0 aromatic heterocycles. The van der Waals surface area contributed by atoms with Gasteiger partial charge in [-0.25, -0.2) is 19.3 Å². The molecular formula is C20H14BrClFN5O2S. The smallest absolute Gasteiger partial charge is 0.231 e. The highest BCUT2D eigenvalue weighted by molar-refractivity contribution is 9.10. The number of fused-ring (bicyclic) bond motifs is 2. The Balaban J connectivity index is 1.44. The molecule has 0 saturated heterocycles. The second-order valence-corrected chi connectivity index (χ2v) is 8.96. The Kier molecular flexibility index (Phi) is 5.37. The topological polar surface area (TPSA) is 88.1 Å². The summed E-state index contributed by atoms with van der Waals surface area (Å²) in [7, 11) is 0. The number of halogens is 3. The Morgan fingerprint density at radius 3 is 2.84 bits per heavy atom. The molecule has 0 unspecified atom stereocenters. The Bertz CT molecular complexity index is 1250. The predicted octanol–water partition coefficient (Wildman–Crippen LogP) is 5.04. The van der Waals surface area contributed by atoms with Crippen molar-refractivity contribution in [3.05, 3.63) is 57.5 Å². The fourth-order valence-corrected chi connectivity index (χ4v) is 4.83. The third kappa shape index (κ3) is 3.90. The van der Waals surface area contributed by atoms with Crippen molar-refractivity contribution in [2.45, 2.75) is 23.0 Å². The maximum absolute atomic E-state index is 14.1. The highest BCUT2D eigenvalue weighted by Gasteiger charge is 2.22. The van der Waals surface area contributed by atoms with E-state index in [1.165, 1.54) is 17.8 Å². The van der Waals surface area contributed by atoms with Gasteiger partial charge >= 0.3 is 0 Å². The third-order valence-electron chi connectivity index (χ3n) is 4.76. The number of ether oxygens (including phenoxy) is 2. The average Bonchev–Trinajstić information content (AvgIpc) is 3.36. The SMILES string of the molecule is Nc1ncn(CCc2c(F)cccc2Cl)c2nc(Sc3cc4c(cc3Br)OCO4)nc1-2. The summed E-state index contributed by atoms with van der Waals surface area (Å²) >= 11 is 11.1. The van der Waals surface area contributed by atoms with Crippen LogP contribution in [-0.4, -0.2) is 26.3 Å². The lowest BCUT2D eigenvalue weighted by atomic mass is 10.1. The van der Waals surface area contributed by atoms with Crippen LogP contribution in [0, 0.1) is 5.82 Å². The van der Waals surface area contributed by atoms with Crippen molar-refractivity contribution >= 4 is 45.1 Å². The van der Waals surface area contributed by atoms with Crippen LogP contribution < -0.4 is 15.2 Å². The largest absolute Gasteiger partial charge is 0.454 e. The van der Waals surface area contributed by atoms with E-state index in [1.54, 1.807) is 23.0 Å². The zero-order chi connectivity index (χ0) is 21.5. The van der Waals surface area contributed by atoms with Crippen LogP contribution in [0.15, 0.2) is 51.2 Å². The normalized spacial score (nSPS) is 12.6. The number of rotatable bonds is 5. The van der Waals surface area contributed by atoms with E-state index in [-0.39, 0.29) is 18.4 Å². The molecule has 3 heterocycles. The molecular weight excluding hydrogens is 509 g/mol. The summed E-state index contributed by atoms with van der Waals surface area (Å²) in [5.41, 5.74) is 6.96. The number of hydrogen-bond donors (Lipinski definition) is 1.